The second kappa shape index (κ2) is 7.82. The number of hydrogen-bond acceptors (Lipinski definition) is 4. The van der Waals surface area contributed by atoms with Crippen molar-refractivity contribution >= 4 is 23.3 Å². The van der Waals surface area contributed by atoms with Crippen LogP contribution in [-0.4, -0.2) is 29.1 Å². The first-order valence-electron chi connectivity index (χ1n) is 7.27. The van der Waals surface area contributed by atoms with Gasteiger partial charge in [0.25, 0.3) is 11.8 Å². The number of anilines is 1. The number of amides is 2. The highest BCUT2D eigenvalue weighted by Gasteiger charge is 2.11. The van der Waals surface area contributed by atoms with Crippen LogP contribution in [0.3, 0.4) is 0 Å². The van der Waals surface area contributed by atoms with Gasteiger partial charge in [0.15, 0.2) is 5.78 Å². The third-order valence-electron chi connectivity index (χ3n) is 3.22. The average molecular weight is 323 g/mol. The van der Waals surface area contributed by atoms with Gasteiger partial charge in [0, 0.05) is 30.2 Å². The Balaban J connectivity index is 2.10. The van der Waals surface area contributed by atoms with E-state index in [9.17, 15) is 14.4 Å². The highest BCUT2D eigenvalue weighted by molar-refractivity contribution is 6.06. The van der Waals surface area contributed by atoms with Crippen molar-refractivity contribution < 1.29 is 14.4 Å². The Kier molecular flexibility index (Phi) is 5.57. The van der Waals surface area contributed by atoms with Gasteiger partial charge in [0.2, 0.25) is 0 Å². The lowest BCUT2D eigenvalue weighted by atomic mass is 10.1. The molecule has 1 aromatic heterocycles. The number of carbonyl (C=O) groups is 3. The summed E-state index contributed by atoms with van der Waals surface area (Å²) in [6.07, 6.45) is 4.33. The van der Waals surface area contributed by atoms with E-state index in [-0.39, 0.29) is 22.8 Å². The molecule has 0 fully saturated rings. The summed E-state index contributed by atoms with van der Waals surface area (Å²) in [7, 11) is 0. The molecule has 0 spiro atoms. The fourth-order valence-corrected chi connectivity index (χ4v) is 1.95. The maximum absolute atomic E-state index is 12.3. The van der Waals surface area contributed by atoms with E-state index in [1.807, 2.05) is 0 Å². The summed E-state index contributed by atoms with van der Waals surface area (Å²) < 4.78 is 0. The number of aromatic nitrogens is 1. The summed E-state index contributed by atoms with van der Waals surface area (Å²) in [5.74, 6) is -0.769. The van der Waals surface area contributed by atoms with E-state index in [1.54, 1.807) is 30.3 Å². The van der Waals surface area contributed by atoms with Crippen LogP contribution in [0.5, 0.6) is 0 Å². The van der Waals surface area contributed by atoms with Crippen LogP contribution in [0.2, 0.25) is 0 Å². The lowest BCUT2D eigenvalue weighted by Crippen LogP contribution is -2.24. The smallest absolute Gasteiger partial charge is 0.257 e. The number of Topliss-reactive ketones (excluding diaryl/α,β-unsaturated/α-hetero) is 1. The zero-order valence-electron chi connectivity index (χ0n) is 13.2. The number of rotatable bonds is 6. The van der Waals surface area contributed by atoms with E-state index >= 15 is 0 Å². The van der Waals surface area contributed by atoms with Gasteiger partial charge in [-0.25, -0.2) is 0 Å². The molecule has 122 valence electrons. The van der Waals surface area contributed by atoms with Crippen LogP contribution in [0.1, 0.15) is 38.0 Å². The summed E-state index contributed by atoms with van der Waals surface area (Å²) in [5, 5.41) is 5.32. The molecule has 2 amide bonds. The van der Waals surface area contributed by atoms with Crippen molar-refractivity contribution in [2.45, 2.75) is 6.92 Å². The first-order valence-corrected chi connectivity index (χ1v) is 7.27. The van der Waals surface area contributed by atoms with Crippen LogP contribution >= 0.6 is 0 Å². The molecule has 2 N–H and O–H groups in total. The van der Waals surface area contributed by atoms with Gasteiger partial charge in [0.1, 0.15) is 0 Å². The van der Waals surface area contributed by atoms with Crippen LogP contribution in [0.15, 0.2) is 55.4 Å². The first kappa shape index (κ1) is 17.1. The fraction of sp³-hybridized carbons (Fsp3) is 0.111. The lowest BCUT2D eigenvalue weighted by Gasteiger charge is -2.07. The van der Waals surface area contributed by atoms with Gasteiger partial charge in [-0.05, 0) is 37.3 Å². The number of carbonyl (C=O) groups excluding carboxylic acids is 3. The molecule has 1 aromatic carbocycles. The van der Waals surface area contributed by atoms with Crippen molar-refractivity contribution in [3.05, 3.63) is 72.1 Å². The predicted molar refractivity (Wildman–Crippen MR) is 91.2 cm³/mol. The molecule has 1 heterocycles. The standard InChI is InChI=1S/C18H17N3O3/c1-3-8-20-17(23)14-9-15(11-19-10-14)18(24)21-16-6-4-13(5-7-16)12(2)22/h3-7,9-11H,1,8H2,2H3,(H,20,23)(H,21,24). The molecule has 0 aliphatic carbocycles. The molecule has 0 unspecified atom stereocenters. The second-order valence-electron chi connectivity index (χ2n) is 5.05. The lowest BCUT2D eigenvalue weighted by molar-refractivity contribution is 0.0956. The predicted octanol–water partition coefficient (Wildman–Crippen LogP) is 2.45. The van der Waals surface area contributed by atoms with Gasteiger partial charge in [-0.1, -0.05) is 6.08 Å². The van der Waals surface area contributed by atoms with Crippen LogP contribution in [0.4, 0.5) is 5.69 Å². The molecule has 2 aromatic rings. The Bertz CT molecular complexity index is 782. The van der Waals surface area contributed by atoms with E-state index < -0.39 is 5.91 Å². The van der Waals surface area contributed by atoms with Crippen molar-refractivity contribution in [1.82, 2.24) is 10.3 Å². The topological polar surface area (TPSA) is 88.2 Å². The molecular formula is C18H17N3O3. The van der Waals surface area contributed by atoms with Gasteiger partial charge in [0.05, 0.1) is 11.1 Å². The Labute approximate surface area is 139 Å². The quantitative estimate of drug-likeness (QED) is 0.631. The summed E-state index contributed by atoms with van der Waals surface area (Å²) in [6.45, 7) is 5.33. The van der Waals surface area contributed by atoms with Crippen molar-refractivity contribution in [2.75, 3.05) is 11.9 Å². The van der Waals surface area contributed by atoms with E-state index in [0.717, 1.165) is 0 Å². The molecule has 0 bridgehead atoms. The summed E-state index contributed by atoms with van der Waals surface area (Å²) in [5.41, 5.74) is 1.66. The summed E-state index contributed by atoms with van der Waals surface area (Å²) in [4.78, 5) is 39.3. The molecule has 6 nitrogen and oxygen atoms in total. The molecule has 2 rings (SSSR count). The monoisotopic (exact) mass is 323 g/mol. The minimum absolute atomic E-state index is 0.0460. The van der Waals surface area contributed by atoms with Crippen molar-refractivity contribution in [1.29, 1.82) is 0 Å². The van der Waals surface area contributed by atoms with Crippen LogP contribution in [-0.2, 0) is 0 Å². The van der Waals surface area contributed by atoms with Crippen LogP contribution in [0, 0.1) is 0 Å². The molecule has 0 saturated carbocycles. The second-order valence-corrected chi connectivity index (χ2v) is 5.05. The number of ketones is 1. The van der Waals surface area contributed by atoms with E-state index in [0.29, 0.717) is 17.8 Å². The van der Waals surface area contributed by atoms with E-state index in [1.165, 1.54) is 25.4 Å². The Morgan fingerprint density at radius 1 is 1.04 bits per heavy atom. The maximum Gasteiger partial charge on any atom is 0.257 e. The number of nitrogens with one attached hydrogen (secondary N) is 2. The Morgan fingerprint density at radius 3 is 2.25 bits per heavy atom. The number of hydrogen-bond donors (Lipinski definition) is 2. The summed E-state index contributed by atoms with van der Waals surface area (Å²) in [6, 6.07) is 8.01. The van der Waals surface area contributed by atoms with Crippen molar-refractivity contribution in [3.8, 4) is 0 Å². The molecular weight excluding hydrogens is 306 g/mol. The minimum Gasteiger partial charge on any atom is -0.349 e. The van der Waals surface area contributed by atoms with Crippen molar-refractivity contribution in [3.63, 3.8) is 0 Å². The molecule has 0 aliphatic heterocycles. The largest absolute Gasteiger partial charge is 0.349 e. The number of nitrogens with zero attached hydrogens (tertiary/aromatic N) is 1. The maximum atomic E-state index is 12.3. The molecule has 0 atom stereocenters. The molecule has 0 saturated heterocycles. The molecule has 24 heavy (non-hydrogen) atoms. The average Bonchev–Trinajstić information content (AvgIpc) is 2.60. The third-order valence-corrected chi connectivity index (χ3v) is 3.22. The third kappa shape index (κ3) is 4.36. The Hall–Kier alpha value is -3.28. The SMILES string of the molecule is C=CCNC(=O)c1cncc(C(=O)Nc2ccc(C(C)=O)cc2)c1. The van der Waals surface area contributed by atoms with Gasteiger partial charge in [-0.2, -0.15) is 0 Å². The van der Waals surface area contributed by atoms with E-state index in [4.69, 9.17) is 0 Å². The number of benzene rings is 1. The normalized spacial score (nSPS) is 9.88. The van der Waals surface area contributed by atoms with Crippen LogP contribution < -0.4 is 10.6 Å². The highest BCUT2D eigenvalue weighted by Crippen LogP contribution is 2.12. The first-order chi connectivity index (χ1) is 11.5. The van der Waals surface area contributed by atoms with Gasteiger partial charge in [-0.15, -0.1) is 6.58 Å². The van der Waals surface area contributed by atoms with Crippen LogP contribution in [0.25, 0.3) is 0 Å². The highest BCUT2D eigenvalue weighted by atomic mass is 16.2. The molecule has 6 heteroatoms. The van der Waals surface area contributed by atoms with Crippen molar-refractivity contribution in [2.24, 2.45) is 0 Å². The fourth-order valence-electron chi connectivity index (χ4n) is 1.95. The number of pyridine rings is 1. The zero-order valence-corrected chi connectivity index (χ0v) is 13.2. The van der Waals surface area contributed by atoms with E-state index in [2.05, 4.69) is 22.2 Å². The zero-order chi connectivity index (χ0) is 17.5. The van der Waals surface area contributed by atoms with Gasteiger partial charge in [-0.3, -0.25) is 19.4 Å². The molecule has 0 radical (unpaired) electrons. The minimum atomic E-state index is -0.392. The van der Waals surface area contributed by atoms with Gasteiger partial charge >= 0.3 is 0 Å². The Morgan fingerprint density at radius 2 is 1.67 bits per heavy atom. The van der Waals surface area contributed by atoms with Gasteiger partial charge < -0.3 is 10.6 Å². The molecule has 0 aliphatic rings. The summed E-state index contributed by atoms with van der Waals surface area (Å²) >= 11 is 0.